The summed E-state index contributed by atoms with van der Waals surface area (Å²) in [7, 11) is 0. The average Bonchev–Trinajstić information content (AvgIpc) is 2.30. The van der Waals surface area contributed by atoms with Crippen molar-refractivity contribution in [1.82, 2.24) is 0 Å². The molecule has 1 rings (SSSR count). The Bertz CT molecular complexity index is 518. The van der Waals surface area contributed by atoms with Crippen LogP contribution >= 0.6 is 0 Å². The van der Waals surface area contributed by atoms with E-state index in [2.05, 4.69) is 11.8 Å². The van der Waals surface area contributed by atoms with E-state index in [0.717, 1.165) is 0 Å². The summed E-state index contributed by atoms with van der Waals surface area (Å²) in [6.45, 7) is 1.26. The fraction of sp³-hybridized carbons (Fsp3) is 0.250. The quantitative estimate of drug-likeness (QED) is 0.478. The zero-order valence-electron chi connectivity index (χ0n) is 9.64. The summed E-state index contributed by atoms with van der Waals surface area (Å²) >= 11 is 0. The zero-order chi connectivity index (χ0) is 13.7. The molecule has 0 aliphatic carbocycles. The molecule has 2 N–H and O–H groups in total. The minimum Gasteiger partial charge on any atom is -0.478 e. The van der Waals surface area contributed by atoms with Crippen LogP contribution in [0, 0.1) is 28.9 Å². The van der Waals surface area contributed by atoms with Crippen LogP contribution in [-0.2, 0) is 0 Å². The maximum Gasteiger partial charge on any atom is 0.336 e. The van der Waals surface area contributed by atoms with Crippen LogP contribution in [0.25, 0.3) is 0 Å². The van der Waals surface area contributed by atoms with Gasteiger partial charge >= 0.3 is 5.97 Å². The molecule has 0 aromatic heterocycles. The van der Waals surface area contributed by atoms with E-state index in [-0.39, 0.29) is 35.4 Å². The fourth-order valence-electron chi connectivity index (χ4n) is 1.40. The van der Waals surface area contributed by atoms with Crippen LogP contribution in [0.1, 0.15) is 27.9 Å². The summed E-state index contributed by atoms with van der Waals surface area (Å²) in [6.07, 6.45) is 0.226. The molecule has 0 saturated carbocycles. The number of nitro benzene ring substituents is 1. The van der Waals surface area contributed by atoms with Gasteiger partial charge in [0, 0.05) is 23.6 Å². The van der Waals surface area contributed by atoms with Crippen molar-refractivity contribution in [3.8, 4) is 11.8 Å². The third kappa shape index (κ3) is 3.06. The van der Waals surface area contributed by atoms with Gasteiger partial charge in [-0.1, -0.05) is 11.8 Å². The molecule has 6 heteroatoms. The number of nitro groups is 1. The first-order valence-electron chi connectivity index (χ1n) is 5.09. The fourth-order valence-corrected chi connectivity index (χ4v) is 1.40. The molecule has 6 nitrogen and oxygen atoms in total. The minimum absolute atomic E-state index is 0.0974. The van der Waals surface area contributed by atoms with E-state index in [4.69, 9.17) is 10.2 Å². The summed E-state index contributed by atoms with van der Waals surface area (Å²) in [4.78, 5) is 21.1. The first kappa shape index (κ1) is 13.7. The second-order valence-electron chi connectivity index (χ2n) is 3.51. The molecule has 1 aromatic carbocycles. The molecule has 0 radical (unpaired) electrons. The van der Waals surface area contributed by atoms with Crippen molar-refractivity contribution in [1.29, 1.82) is 0 Å². The highest BCUT2D eigenvalue weighted by Gasteiger charge is 2.19. The Morgan fingerprint density at radius 2 is 2.17 bits per heavy atom. The maximum atomic E-state index is 11.0. The van der Waals surface area contributed by atoms with E-state index in [1.165, 1.54) is 19.1 Å². The highest BCUT2D eigenvalue weighted by atomic mass is 16.6. The topological polar surface area (TPSA) is 101 Å². The van der Waals surface area contributed by atoms with Crippen LogP contribution in [0.15, 0.2) is 12.1 Å². The third-order valence-corrected chi connectivity index (χ3v) is 2.28. The standard InChI is InChI=1S/C12H11NO5/c1-8-10(12(15)16)6-9(4-2-3-5-14)7-11(8)13(17)18/h6-7,14H,3,5H2,1H3,(H,15,16). The van der Waals surface area contributed by atoms with Gasteiger partial charge in [0.25, 0.3) is 5.69 Å². The van der Waals surface area contributed by atoms with Crippen molar-refractivity contribution in [2.75, 3.05) is 6.61 Å². The summed E-state index contributed by atoms with van der Waals surface area (Å²) in [6, 6.07) is 2.52. The Morgan fingerprint density at radius 1 is 1.50 bits per heavy atom. The first-order valence-corrected chi connectivity index (χ1v) is 5.09. The number of aliphatic hydroxyl groups is 1. The van der Waals surface area contributed by atoms with Crippen LogP contribution < -0.4 is 0 Å². The molecule has 0 heterocycles. The molecule has 0 amide bonds. The van der Waals surface area contributed by atoms with E-state index in [0.29, 0.717) is 0 Å². The monoisotopic (exact) mass is 249 g/mol. The van der Waals surface area contributed by atoms with Crippen molar-refractivity contribution in [2.24, 2.45) is 0 Å². The predicted molar refractivity (Wildman–Crippen MR) is 63.4 cm³/mol. The van der Waals surface area contributed by atoms with Gasteiger partial charge in [0.1, 0.15) is 0 Å². The summed E-state index contributed by atoms with van der Waals surface area (Å²) in [5, 5.41) is 28.3. The van der Waals surface area contributed by atoms with Gasteiger partial charge in [-0.15, -0.1) is 0 Å². The Balaban J connectivity index is 3.35. The van der Waals surface area contributed by atoms with Crippen molar-refractivity contribution in [2.45, 2.75) is 13.3 Å². The minimum atomic E-state index is -1.23. The SMILES string of the molecule is Cc1c(C(=O)O)cc(C#CCCO)cc1[N+](=O)[O-]. The lowest BCUT2D eigenvalue weighted by atomic mass is 10.0. The number of carbonyl (C=O) groups is 1. The molecular formula is C12H11NO5. The van der Waals surface area contributed by atoms with Crippen molar-refractivity contribution >= 4 is 11.7 Å². The van der Waals surface area contributed by atoms with Gasteiger partial charge in [-0.2, -0.15) is 0 Å². The molecule has 0 fully saturated rings. The molecule has 0 saturated heterocycles. The molecular weight excluding hydrogens is 238 g/mol. The molecule has 0 bridgehead atoms. The lowest BCUT2D eigenvalue weighted by Gasteiger charge is -2.03. The highest BCUT2D eigenvalue weighted by Crippen LogP contribution is 2.23. The highest BCUT2D eigenvalue weighted by molar-refractivity contribution is 5.91. The van der Waals surface area contributed by atoms with Gasteiger partial charge in [0.05, 0.1) is 17.1 Å². The average molecular weight is 249 g/mol. The number of carboxylic acids is 1. The van der Waals surface area contributed by atoms with E-state index < -0.39 is 10.9 Å². The van der Waals surface area contributed by atoms with Crippen molar-refractivity contribution in [3.63, 3.8) is 0 Å². The van der Waals surface area contributed by atoms with Crippen LogP contribution in [0.4, 0.5) is 5.69 Å². The normalized spacial score (nSPS) is 9.44. The van der Waals surface area contributed by atoms with Crippen LogP contribution in [0.2, 0.25) is 0 Å². The van der Waals surface area contributed by atoms with Crippen LogP contribution in [0.5, 0.6) is 0 Å². The van der Waals surface area contributed by atoms with Gasteiger partial charge in [0.2, 0.25) is 0 Å². The number of aromatic carboxylic acids is 1. The summed E-state index contributed by atoms with van der Waals surface area (Å²) in [5.74, 6) is 3.94. The molecule has 0 spiro atoms. The maximum absolute atomic E-state index is 11.0. The second-order valence-corrected chi connectivity index (χ2v) is 3.51. The largest absolute Gasteiger partial charge is 0.478 e. The van der Waals surface area contributed by atoms with Crippen LogP contribution in [-0.4, -0.2) is 27.7 Å². The van der Waals surface area contributed by atoms with Gasteiger partial charge < -0.3 is 10.2 Å². The third-order valence-electron chi connectivity index (χ3n) is 2.28. The Labute approximate surface area is 103 Å². The molecule has 0 unspecified atom stereocenters. The van der Waals surface area contributed by atoms with Crippen LogP contribution in [0.3, 0.4) is 0 Å². The number of rotatable bonds is 3. The van der Waals surface area contributed by atoms with Gasteiger partial charge in [-0.3, -0.25) is 10.1 Å². The second kappa shape index (κ2) is 5.80. The van der Waals surface area contributed by atoms with E-state index in [1.807, 2.05) is 0 Å². The molecule has 94 valence electrons. The lowest BCUT2D eigenvalue weighted by Crippen LogP contribution is -2.04. The van der Waals surface area contributed by atoms with E-state index >= 15 is 0 Å². The number of hydrogen-bond donors (Lipinski definition) is 2. The smallest absolute Gasteiger partial charge is 0.336 e. The molecule has 0 aliphatic heterocycles. The van der Waals surface area contributed by atoms with Gasteiger partial charge in [-0.25, -0.2) is 4.79 Å². The molecule has 0 atom stereocenters. The first-order chi connectivity index (χ1) is 8.47. The van der Waals surface area contributed by atoms with E-state index in [1.54, 1.807) is 0 Å². The van der Waals surface area contributed by atoms with E-state index in [9.17, 15) is 14.9 Å². The lowest BCUT2D eigenvalue weighted by molar-refractivity contribution is -0.385. The number of aliphatic hydroxyl groups excluding tert-OH is 1. The summed E-state index contributed by atoms with van der Waals surface area (Å²) < 4.78 is 0. The molecule has 18 heavy (non-hydrogen) atoms. The Kier molecular flexibility index (Phi) is 4.40. The van der Waals surface area contributed by atoms with Crippen molar-refractivity contribution in [3.05, 3.63) is 38.9 Å². The number of carboxylic acid groups (broad SMARTS) is 1. The molecule has 0 aliphatic rings. The number of benzene rings is 1. The number of hydrogen-bond acceptors (Lipinski definition) is 4. The van der Waals surface area contributed by atoms with Gasteiger partial charge in [-0.05, 0) is 13.0 Å². The summed E-state index contributed by atoms with van der Waals surface area (Å²) in [5.41, 5.74) is -0.0703. The zero-order valence-corrected chi connectivity index (χ0v) is 9.64. The Morgan fingerprint density at radius 3 is 2.67 bits per heavy atom. The molecule has 1 aromatic rings. The predicted octanol–water partition coefficient (Wildman–Crippen LogP) is 1.34. The van der Waals surface area contributed by atoms with Gasteiger partial charge in [0.15, 0.2) is 0 Å². The Hall–Kier alpha value is -2.39. The number of nitrogens with zero attached hydrogens (tertiary/aromatic N) is 1. The van der Waals surface area contributed by atoms with Crippen molar-refractivity contribution < 1.29 is 19.9 Å².